The molecule has 1 heterocycles. The molecule has 0 aliphatic carbocycles. The molecule has 0 bridgehead atoms. The van der Waals surface area contributed by atoms with Crippen LogP contribution in [0.15, 0.2) is 0 Å². The Morgan fingerprint density at radius 1 is 1.55 bits per heavy atom. The van der Waals surface area contributed by atoms with Crippen molar-refractivity contribution in [2.75, 3.05) is 6.67 Å². The van der Waals surface area contributed by atoms with E-state index in [2.05, 4.69) is 27.7 Å². The van der Waals surface area contributed by atoms with Crippen molar-refractivity contribution in [2.24, 2.45) is 0 Å². The van der Waals surface area contributed by atoms with Crippen LogP contribution in [0.1, 0.15) is 11.4 Å². The van der Waals surface area contributed by atoms with E-state index in [0.29, 0.717) is 6.54 Å². The average Bonchev–Trinajstić information content (AvgIpc) is 2.19. The normalized spacial score (nSPS) is 10.5. The van der Waals surface area contributed by atoms with Crippen LogP contribution in [-0.2, 0) is 6.54 Å². The minimum Gasteiger partial charge on any atom is -0.266 e. The van der Waals surface area contributed by atoms with Gasteiger partial charge in [0.05, 0.1) is 15.8 Å². The molecule has 0 saturated heterocycles. The summed E-state index contributed by atoms with van der Waals surface area (Å²) in [7, 11) is 0. The maximum atomic E-state index is 11.9. The van der Waals surface area contributed by atoms with Gasteiger partial charge in [0.15, 0.2) is 0 Å². The van der Waals surface area contributed by atoms with E-state index in [1.165, 1.54) is 0 Å². The Labute approximate surface area is 78.9 Å². The number of alkyl halides is 1. The quantitative estimate of drug-likeness (QED) is 0.751. The molecule has 62 valence electrons. The molecule has 0 aromatic carbocycles. The van der Waals surface area contributed by atoms with Gasteiger partial charge in [0.25, 0.3) is 0 Å². The monoisotopic (exact) mass is 268 g/mol. The number of aromatic nitrogens is 2. The number of hydrogen-bond donors (Lipinski definition) is 0. The molecule has 0 amide bonds. The van der Waals surface area contributed by atoms with Gasteiger partial charge in [-0.1, -0.05) is 0 Å². The van der Waals surface area contributed by atoms with Crippen LogP contribution in [0.5, 0.6) is 0 Å². The van der Waals surface area contributed by atoms with Gasteiger partial charge in [-0.2, -0.15) is 5.10 Å². The third-order valence-corrected chi connectivity index (χ3v) is 3.15. The minimum absolute atomic E-state index is 0.349. The summed E-state index contributed by atoms with van der Waals surface area (Å²) < 4.78 is 14.8. The molecule has 0 unspecified atom stereocenters. The van der Waals surface area contributed by atoms with Crippen LogP contribution in [-0.4, -0.2) is 16.5 Å². The van der Waals surface area contributed by atoms with Gasteiger partial charge >= 0.3 is 0 Å². The summed E-state index contributed by atoms with van der Waals surface area (Å²) in [5, 5.41) is 4.17. The molecule has 0 saturated carbocycles. The highest BCUT2D eigenvalue weighted by Gasteiger charge is 2.06. The first-order valence-corrected chi connectivity index (χ1v) is 4.50. The lowest BCUT2D eigenvalue weighted by molar-refractivity contribution is 0.422. The third kappa shape index (κ3) is 1.72. The second-order valence-electron chi connectivity index (χ2n) is 2.40. The van der Waals surface area contributed by atoms with E-state index in [1.54, 1.807) is 4.68 Å². The van der Waals surface area contributed by atoms with E-state index < -0.39 is 0 Å². The summed E-state index contributed by atoms with van der Waals surface area (Å²) in [6.07, 6.45) is 0. The van der Waals surface area contributed by atoms with Crippen LogP contribution in [0.2, 0.25) is 0 Å². The number of nitrogens with zero attached hydrogens (tertiary/aromatic N) is 2. The zero-order chi connectivity index (χ0) is 8.43. The molecule has 0 aliphatic heterocycles. The van der Waals surface area contributed by atoms with Crippen LogP contribution in [0.3, 0.4) is 0 Å². The van der Waals surface area contributed by atoms with Crippen molar-refractivity contribution in [3.8, 4) is 0 Å². The fraction of sp³-hybridized carbons (Fsp3) is 0.571. The summed E-state index contributed by atoms with van der Waals surface area (Å²) >= 11 is 2.22. The molecule has 4 heteroatoms. The molecule has 0 aliphatic rings. The van der Waals surface area contributed by atoms with Crippen molar-refractivity contribution >= 4 is 22.6 Å². The first-order chi connectivity index (χ1) is 5.16. The summed E-state index contributed by atoms with van der Waals surface area (Å²) in [5.41, 5.74) is 2.04. The Balaban J connectivity index is 2.98. The summed E-state index contributed by atoms with van der Waals surface area (Å²) in [4.78, 5) is 0. The van der Waals surface area contributed by atoms with Crippen molar-refractivity contribution in [3.05, 3.63) is 15.0 Å². The van der Waals surface area contributed by atoms with Gasteiger partial charge in [0, 0.05) is 5.69 Å². The summed E-state index contributed by atoms with van der Waals surface area (Å²) in [5.74, 6) is 0. The molecule has 1 aromatic rings. The van der Waals surface area contributed by atoms with Crippen molar-refractivity contribution in [1.82, 2.24) is 9.78 Å². The minimum atomic E-state index is -0.349. The van der Waals surface area contributed by atoms with Crippen LogP contribution in [0.4, 0.5) is 4.39 Å². The highest BCUT2D eigenvalue weighted by atomic mass is 127. The van der Waals surface area contributed by atoms with Crippen molar-refractivity contribution in [3.63, 3.8) is 0 Å². The molecule has 2 nitrogen and oxygen atoms in total. The number of hydrogen-bond acceptors (Lipinski definition) is 1. The molecular formula is C7H10FIN2. The summed E-state index contributed by atoms with van der Waals surface area (Å²) in [6.45, 7) is 3.91. The Morgan fingerprint density at radius 3 is 2.55 bits per heavy atom. The first kappa shape index (κ1) is 8.96. The molecule has 0 spiro atoms. The van der Waals surface area contributed by atoms with Gasteiger partial charge in [-0.25, -0.2) is 4.39 Å². The Morgan fingerprint density at radius 2 is 2.18 bits per heavy atom. The maximum Gasteiger partial charge on any atom is 0.109 e. The van der Waals surface area contributed by atoms with Crippen LogP contribution in [0.25, 0.3) is 0 Å². The highest BCUT2D eigenvalue weighted by molar-refractivity contribution is 14.1. The van der Waals surface area contributed by atoms with Gasteiger partial charge in [-0.05, 0) is 36.4 Å². The standard InChI is InChI=1S/C7H10FIN2/c1-5-7(9)6(2)11(10-5)4-3-8/h3-4H2,1-2H3. The zero-order valence-electron chi connectivity index (χ0n) is 6.56. The van der Waals surface area contributed by atoms with Gasteiger partial charge in [-0.15, -0.1) is 0 Å². The zero-order valence-corrected chi connectivity index (χ0v) is 8.72. The average molecular weight is 268 g/mol. The maximum absolute atomic E-state index is 11.9. The molecule has 0 atom stereocenters. The summed E-state index contributed by atoms with van der Waals surface area (Å²) in [6, 6.07) is 0. The van der Waals surface area contributed by atoms with Crippen molar-refractivity contribution in [1.29, 1.82) is 0 Å². The number of halogens is 2. The molecular weight excluding hydrogens is 258 g/mol. The molecule has 11 heavy (non-hydrogen) atoms. The fourth-order valence-electron chi connectivity index (χ4n) is 0.973. The number of rotatable bonds is 2. The molecule has 0 radical (unpaired) electrons. The van der Waals surface area contributed by atoms with E-state index in [4.69, 9.17) is 0 Å². The van der Waals surface area contributed by atoms with Crippen molar-refractivity contribution < 1.29 is 4.39 Å². The highest BCUT2D eigenvalue weighted by Crippen LogP contribution is 2.14. The van der Waals surface area contributed by atoms with Crippen LogP contribution >= 0.6 is 22.6 Å². The lowest BCUT2D eigenvalue weighted by Gasteiger charge is -1.98. The second-order valence-corrected chi connectivity index (χ2v) is 3.48. The largest absolute Gasteiger partial charge is 0.266 e. The van der Waals surface area contributed by atoms with E-state index >= 15 is 0 Å². The first-order valence-electron chi connectivity index (χ1n) is 3.42. The molecule has 0 fully saturated rings. The Hall–Kier alpha value is -0.130. The predicted molar refractivity (Wildman–Crippen MR) is 50.4 cm³/mol. The van der Waals surface area contributed by atoms with Crippen LogP contribution < -0.4 is 0 Å². The van der Waals surface area contributed by atoms with Gasteiger partial charge in [-0.3, -0.25) is 4.68 Å². The topological polar surface area (TPSA) is 17.8 Å². The van der Waals surface area contributed by atoms with Gasteiger partial charge in [0.2, 0.25) is 0 Å². The third-order valence-electron chi connectivity index (χ3n) is 1.59. The number of aryl methyl sites for hydroxylation is 2. The van der Waals surface area contributed by atoms with Crippen LogP contribution in [0, 0.1) is 17.4 Å². The molecule has 1 aromatic heterocycles. The lowest BCUT2D eigenvalue weighted by atomic mass is 10.4. The molecule has 0 N–H and O–H groups in total. The van der Waals surface area contributed by atoms with Gasteiger partial charge < -0.3 is 0 Å². The smallest absolute Gasteiger partial charge is 0.109 e. The van der Waals surface area contributed by atoms with E-state index in [9.17, 15) is 4.39 Å². The second kappa shape index (κ2) is 3.51. The van der Waals surface area contributed by atoms with E-state index in [-0.39, 0.29) is 6.67 Å². The lowest BCUT2D eigenvalue weighted by Crippen LogP contribution is -2.03. The Kier molecular flexibility index (Phi) is 2.86. The molecule has 1 rings (SSSR count). The SMILES string of the molecule is Cc1nn(CCF)c(C)c1I. The fourth-order valence-corrected chi connectivity index (χ4v) is 1.36. The predicted octanol–water partition coefficient (Wildman–Crippen LogP) is 2.07. The van der Waals surface area contributed by atoms with Crippen molar-refractivity contribution in [2.45, 2.75) is 20.4 Å². The van der Waals surface area contributed by atoms with Gasteiger partial charge in [0.1, 0.15) is 6.67 Å². The Bertz CT molecular complexity index is 257. The van der Waals surface area contributed by atoms with E-state index in [0.717, 1.165) is 15.0 Å². The van der Waals surface area contributed by atoms with E-state index in [1.807, 2.05) is 13.8 Å².